The van der Waals surface area contributed by atoms with Gasteiger partial charge in [0.15, 0.2) is 0 Å². The van der Waals surface area contributed by atoms with Crippen molar-refractivity contribution in [1.29, 1.82) is 0 Å². The van der Waals surface area contributed by atoms with E-state index in [0.29, 0.717) is 0 Å². The molecule has 110 valence electrons. The third-order valence-electron chi connectivity index (χ3n) is 3.41. The number of rotatable bonds is 3. The minimum Gasteiger partial charge on any atom is -0.277 e. The van der Waals surface area contributed by atoms with Crippen LogP contribution in [-0.2, 0) is 0 Å². The minimum absolute atomic E-state index is 0.741. The monoisotopic (exact) mass is 321 g/mol. The van der Waals surface area contributed by atoms with Crippen LogP contribution in [0.25, 0.3) is 11.3 Å². The fraction of sp³-hybridized carbons (Fsp3) is 0.333. The molecule has 1 aliphatic rings. The molecule has 0 unspecified atom stereocenters. The number of amidine groups is 1. The van der Waals surface area contributed by atoms with Gasteiger partial charge in [0, 0.05) is 16.0 Å². The number of benzene rings is 1. The molecule has 0 amide bonds. The molecule has 3 N–H and O–H groups in total. The molecule has 0 aliphatic carbocycles. The lowest BCUT2D eigenvalue weighted by Gasteiger charge is -2.01. The maximum absolute atomic E-state index is 5.90. The van der Waals surface area contributed by atoms with Gasteiger partial charge in [0.2, 0.25) is 5.13 Å². The van der Waals surface area contributed by atoms with Crippen molar-refractivity contribution in [3.8, 4) is 11.3 Å². The predicted molar refractivity (Wildman–Crippen MR) is 88.6 cm³/mol. The third-order valence-corrected chi connectivity index (χ3v) is 4.42. The number of hydrogen-bond acceptors (Lipinski definition) is 4. The second-order valence-corrected chi connectivity index (χ2v) is 6.31. The number of halogens is 1. The van der Waals surface area contributed by atoms with Crippen LogP contribution in [0.5, 0.6) is 0 Å². The summed E-state index contributed by atoms with van der Waals surface area (Å²) < 4.78 is 0. The molecule has 0 fully saturated rings. The molecular formula is C15H18ClN4S+. The van der Waals surface area contributed by atoms with Crippen LogP contribution in [0.2, 0.25) is 5.02 Å². The number of nitrogens with one attached hydrogen (secondary N) is 3. The van der Waals surface area contributed by atoms with Crippen molar-refractivity contribution >= 4 is 33.9 Å². The molecule has 0 atom stereocenters. The lowest BCUT2D eigenvalue weighted by molar-refractivity contribution is -0.459. The van der Waals surface area contributed by atoms with E-state index >= 15 is 0 Å². The fourth-order valence-electron chi connectivity index (χ4n) is 2.25. The normalized spacial score (nSPS) is 15.2. The maximum atomic E-state index is 5.90. The van der Waals surface area contributed by atoms with E-state index in [9.17, 15) is 0 Å². The molecule has 2 aromatic rings. The van der Waals surface area contributed by atoms with E-state index in [2.05, 4.69) is 20.8 Å². The second-order valence-electron chi connectivity index (χ2n) is 5.01. The number of anilines is 1. The Morgan fingerprint density at radius 2 is 1.95 bits per heavy atom. The van der Waals surface area contributed by atoms with Crippen molar-refractivity contribution in [2.24, 2.45) is 0 Å². The Balaban J connectivity index is 1.62. The third kappa shape index (κ3) is 3.95. The summed E-state index contributed by atoms with van der Waals surface area (Å²) in [6.07, 6.45) is 4.81. The molecular weight excluding hydrogens is 304 g/mol. The number of thiazole rings is 1. The highest BCUT2D eigenvalue weighted by Crippen LogP contribution is 2.25. The molecule has 4 nitrogen and oxygen atoms in total. The second kappa shape index (κ2) is 6.91. The number of aromatic nitrogens is 1. The van der Waals surface area contributed by atoms with Gasteiger partial charge in [-0.2, -0.15) is 5.43 Å². The van der Waals surface area contributed by atoms with Gasteiger partial charge in [0.25, 0.3) is 5.84 Å². The van der Waals surface area contributed by atoms with Crippen LogP contribution in [0.3, 0.4) is 0 Å². The highest BCUT2D eigenvalue weighted by molar-refractivity contribution is 7.14. The first kappa shape index (κ1) is 14.4. The molecule has 1 aromatic carbocycles. The van der Waals surface area contributed by atoms with E-state index in [1.807, 2.05) is 29.6 Å². The van der Waals surface area contributed by atoms with Crippen LogP contribution >= 0.6 is 22.9 Å². The molecule has 0 spiro atoms. The molecule has 0 saturated carbocycles. The van der Waals surface area contributed by atoms with E-state index in [4.69, 9.17) is 11.6 Å². The first-order valence-electron chi connectivity index (χ1n) is 7.14. The van der Waals surface area contributed by atoms with Gasteiger partial charge in [-0.15, -0.1) is 11.3 Å². The van der Waals surface area contributed by atoms with Gasteiger partial charge in [-0.05, 0) is 31.4 Å². The van der Waals surface area contributed by atoms with Crippen LogP contribution in [0.4, 0.5) is 5.13 Å². The predicted octanol–water partition coefficient (Wildman–Crippen LogP) is 2.43. The van der Waals surface area contributed by atoms with Crippen molar-refractivity contribution in [3.05, 3.63) is 34.7 Å². The molecule has 0 bridgehead atoms. The van der Waals surface area contributed by atoms with Gasteiger partial charge in [0.1, 0.15) is 0 Å². The Hall–Kier alpha value is -1.59. The quantitative estimate of drug-likeness (QED) is 0.761. The summed E-state index contributed by atoms with van der Waals surface area (Å²) in [5.74, 6) is 1.15. The lowest BCUT2D eigenvalue weighted by Crippen LogP contribution is -2.76. The zero-order valence-electron chi connectivity index (χ0n) is 11.7. The summed E-state index contributed by atoms with van der Waals surface area (Å²) in [5, 5.41) is 3.64. The molecule has 1 aliphatic heterocycles. The summed E-state index contributed by atoms with van der Waals surface area (Å²) in [7, 11) is 0. The van der Waals surface area contributed by atoms with E-state index in [-0.39, 0.29) is 0 Å². The van der Waals surface area contributed by atoms with Crippen molar-refractivity contribution < 1.29 is 4.99 Å². The van der Waals surface area contributed by atoms with Gasteiger partial charge in [-0.25, -0.2) is 10.4 Å². The van der Waals surface area contributed by atoms with Crippen LogP contribution in [0.15, 0.2) is 29.6 Å². The topological polar surface area (TPSA) is 50.9 Å². The average molecular weight is 322 g/mol. The Kier molecular flexibility index (Phi) is 4.72. The molecule has 3 rings (SSSR count). The van der Waals surface area contributed by atoms with Crippen molar-refractivity contribution in [2.45, 2.75) is 25.7 Å². The van der Waals surface area contributed by atoms with E-state index < -0.39 is 0 Å². The first-order chi connectivity index (χ1) is 10.3. The van der Waals surface area contributed by atoms with Gasteiger partial charge in [0.05, 0.1) is 18.7 Å². The van der Waals surface area contributed by atoms with Gasteiger partial charge < -0.3 is 0 Å². The van der Waals surface area contributed by atoms with Crippen LogP contribution in [0, 0.1) is 0 Å². The van der Waals surface area contributed by atoms with Crippen molar-refractivity contribution in [2.75, 3.05) is 12.0 Å². The van der Waals surface area contributed by atoms with Crippen LogP contribution in [-0.4, -0.2) is 17.4 Å². The largest absolute Gasteiger partial charge is 0.277 e. The van der Waals surface area contributed by atoms with E-state index in [1.165, 1.54) is 19.3 Å². The molecule has 2 heterocycles. The summed E-state index contributed by atoms with van der Waals surface area (Å²) in [5.41, 5.74) is 8.44. The van der Waals surface area contributed by atoms with Crippen LogP contribution in [0.1, 0.15) is 25.7 Å². The first-order valence-corrected chi connectivity index (χ1v) is 8.40. The van der Waals surface area contributed by atoms with E-state index in [0.717, 1.165) is 40.2 Å². The zero-order valence-corrected chi connectivity index (χ0v) is 13.2. The highest BCUT2D eigenvalue weighted by Gasteiger charge is 2.11. The Morgan fingerprint density at radius 1 is 1.10 bits per heavy atom. The van der Waals surface area contributed by atoms with Crippen molar-refractivity contribution in [3.63, 3.8) is 0 Å². The van der Waals surface area contributed by atoms with Crippen LogP contribution < -0.4 is 15.8 Å². The molecule has 0 radical (unpaired) electrons. The molecule has 1 aromatic heterocycles. The minimum atomic E-state index is 0.741. The molecule has 21 heavy (non-hydrogen) atoms. The van der Waals surface area contributed by atoms with Gasteiger partial charge in [-0.3, -0.25) is 4.99 Å². The standard InChI is InChI=1S/C15H17ClN4S/c16-12-7-5-11(6-8-12)13-10-21-15(18-13)20-19-14-4-2-1-3-9-17-14/h5-8,10H,1-4,9H2,(H,17,19)(H,18,20)/p+1. The highest BCUT2D eigenvalue weighted by atomic mass is 35.5. The zero-order chi connectivity index (χ0) is 14.5. The Labute approximate surface area is 133 Å². The maximum Gasteiger partial charge on any atom is 0.265 e. The fourth-order valence-corrected chi connectivity index (χ4v) is 3.05. The Bertz CT molecular complexity index is 621. The summed E-state index contributed by atoms with van der Waals surface area (Å²) in [6, 6.07) is 7.73. The van der Waals surface area contributed by atoms with Gasteiger partial charge in [-0.1, -0.05) is 23.7 Å². The van der Waals surface area contributed by atoms with Crippen molar-refractivity contribution in [1.82, 2.24) is 10.4 Å². The number of hydrazine groups is 1. The summed E-state index contributed by atoms with van der Waals surface area (Å²) in [6.45, 7) is 1.04. The average Bonchev–Trinajstić information content (AvgIpc) is 2.81. The Morgan fingerprint density at radius 3 is 2.81 bits per heavy atom. The number of hydrogen-bond donors (Lipinski definition) is 3. The summed E-state index contributed by atoms with van der Waals surface area (Å²) >= 11 is 7.49. The smallest absolute Gasteiger partial charge is 0.265 e. The van der Waals surface area contributed by atoms with Gasteiger partial charge >= 0.3 is 0 Å². The lowest BCUT2D eigenvalue weighted by atomic mass is 10.2. The SMILES string of the molecule is Clc1ccc(-c2csc(NNC3=[NH+]CCCCC3)n2)cc1. The number of nitrogens with zero attached hydrogens (tertiary/aromatic N) is 1. The molecule has 6 heteroatoms. The van der Waals surface area contributed by atoms with E-state index in [1.54, 1.807) is 11.3 Å². The summed E-state index contributed by atoms with van der Waals surface area (Å²) in [4.78, 5) is 7.98. The molecule has 0 saturated heterocycles.